The summed E-state index contributed by atoms with van der Waals surface area (Å²) in [5.74, 6) is -1.24. The Morgan fingerprint density at radius 2 is 2.06 bits per heavy atom. The van der Waals surface area contributed by atoms with E-state index >= 15 is 0 Å². The minimum Gasteiger partial charge on any atom is -0.480 e. The van der Waals surface area contributed by atoms with Crippen molar-refractivity contribution in [2.45, 2.75) is 11.5 Å². The molecule has 0 aliphatic heterocycles. The van der Waals surface area contributed by atoms with Gasteiger partial charge in [0, 0.05) is 7.11 Å². The molecule has 0 radical (unpaired) electrons. The van der Waals surface area contributed by atoms with E-state index in [0.29, 0.717) is 5.56 Å². The highest BCUT2D eigenvalue weighted by molar-refractivity contribution is 7.89. The lowest BCUT2D eigenvalue weighted by molar-refractivity contribution is -0.135. The van der Waals surface area contributed by atoms with E-state index in [-0.39, 0.29) is 11.5 Å². The number of hydrogen-bond acceptors (Lipinski definition) is 4. The number of benzene rings is 1. The molecule has 0 saturated carbocycles. The van der Waals surface area contributed by atoms with Crippen LogP contribution in [0.4, 0.5) is 0 Å². The summed E-state index contributed by atoms with van der Waals surface area (Å²) in [4.78, 5) is 10.4. The van der Waals surface area contributed by atoms with Gasteiger partial charge >= 0.3 is 5.97 Å². The zero-order valence-corrected chi connectivity index (χ0v) is 10.0. The molecule has 6 nitrogen and oxygen atoms in total. The lowest BCUT2D eigenvalue weighted by Crippen LogP contribution is -2.30. The Labute approximate surface area is 99.3 Å². The first-order valence-corrected chi connectivity index (χ1v) is 6.24. The Kier molecular flexibility index (Phi) is 4.62. The van der Waals surface area contributed by atoms with Gasteiger partial charge in [0.25, 0.3) is 0 Å². The van der Waals surface area contributed by atoms with Crippen molar-refractivity contribution in [2.24, 2.45) is 0 Å². The van der Waals surface area contributed by atoms with Gasteiger partial charge in [-0.25, -0.2) is 8.42 Å². The highest BCUT2D eigenvalue weighted by Crippen LogP contribution is 2.15. The van der Waals surface area contributed by atoms with Gasteiger partial charge in [0.2, 0.25) is 10.0 Å². The van der Waals surface area contributed by atoms with E-state index in [2.05, 4.69) is 0 Å². The molecule has 1 rings (SSSR count). The van der Waals surface area contributed by atoms with E-state index < -0.39 is 22.5 Å². The second-order valence-electron chi connectivity index (χ2n) is 3.26. The molecular formula is C10H13NO5S. The molecule has 7 heteroatoms. The number of methoxy groups -OCH3 is 1. The van der Waals surface area contributed by atoms with Crippen LogP contribution in [0.2, 0.25) is 0 Å². The summed E-state index contributed by atoms with van der Waals surface area (Å²) >= 11 is 0. The van der Waals surface area contributed by atoms with Gasteiger partial charge in [0.1, 0.15) is 6.54 Å². The monoisotopic (exact) mass is 259 g/mol. The smallest absolute Gasteiger partial charge is 0.318 e. The van der Waals surface area contributed by atoms with Crippen LogP contribution in [0.1, 0.15) is 5.56 Å². The maximum Gasteiger partial charge on any atom is 0.318 e. The van der Waals surface area contributed by atoms with Gasteiger partial charge in [-0.3, -0.25) is 4.79 Å². The van der Waals surface area contributed by atoms with Crippen LogP contribution in [0.5, 0.6) is 0 Å². The molecule has 0 saturated heterocycles. The lowest BCUT2D eigenvalue weighted by Gasteiger charge is -2.09. The Balaban J connectivity index is 3.01. The molecular weight excluding hydrogens is 246 g/mol. The zero-order chi connectivity index (χ0) is 12.9. The van der Waals surface area contributed by atoms with E-state index in [1.165, 1.54) is 13.2 Å². The third-order valence-corrected chi connectivity index (χ3v) is 3.48. The molecule has 0 fully saturated rings. The third-order valence-electron chi connectivity index (χ3n) is 1.98. The number of carboxylic acid groups (broad SMARTS) is 1. The SMILES string of the molecule is COCc1ccccc1S(=O)(=O)NCC(=O)O. The molecule has 0 aliphatic rings. The second-order valence-corrected chi connectivity index (χ2v) is 4.99. The van der Waals surface area contributed by atoms with Crippen LogP contribution >= 0.6 is 0 Å². The van der Waals surface area contributed by atoms with Crippen LogP contribution in [-0.4, -0.2) is 33.1 Å². The summed E-state index contributed by atoms with van der Waals surface area (Å²) in [6.45, 7) is -0.506. The van der Waals surface area contributed by atoms with Gasteiger partial charge in [-0.15, -0.1) is 0 Å². The lowest BCUT2D eigenvalue weighted by atomic mass is 10.2. The summed E-state index contributed by atoms with van der Waals surface area (Å²) in [6.07, 6.45) is 0. The second kappa shape index (κ2) is 5.76. The molecule has 1 aromatic carbocycles. The molecule has 0 heterocycles. The van der Waals surface area contributed by atoms with Crippen molar-refractivity contribution in [3.05, 3.63) is 29.8 Å². The van der Waals surface area contributed by atoms with Crippen molar-refractivity contribution in [3.8, 4) is 0 Å². The summed E-state index contributed by atoms with van der Waals surface area (Å²) in [5.41, 5.74) is 0.480. The van der Waals surface area contributed by atoms with Crippen molar-refractivity contribution in [1.82, 2.24) is 4.72 Å². The third kappa shape index (κ3) is 3.81. The fourth-order valence-electron chi connectivity index (χ4n) is 1.28. The molecule has 0 aliphatic carbocycles. The Hall–Kier alpha value is -1.44. The van der Waals surface area contributed by atoms with E-state index in [1.807, 2.05) is 4.72 Å². The van der Waals surface area contributed by atoms with Crippen LogP contribution in [0.3, 0.4) is 0 Å². The van der Waals surface area contributed by atoms with E-state index in [9.17, 15) is 13.2 Å². The van der Waals surface area contributed by atoms with E-state index in [4.69, 9.17) is 9.84 Å². The number of rotatable bonds is 6. The molecule has 0 unspecified atom stereocenters. The van der Waals surface area contributed by atoms with Gasteiger partial charge < -0.3 is 9.84 Å². The Bertz CT molecular complexity index is 497. The number of nitrogens with one attached hydrogen (secondary N) is 1. The molecule has 17 heavy (non-hydrogen) atoms. The number of hydrogen-bond donors (Lipinski definition) is 2. The van der Waals surface area contributed by atoms with E-state index in [1.54, 1.807) is 18.2 Å². The van der Waals surface area contributed by atoms with Gasteiger partial charge in [0.15, 0.2) is 0 Å². The Morgan fingerprint density at radius 3 is 2.65 bits per heavy atom. The van der Waals surface area contributed by atoms with Gasteiger partial charge in [-0.2, -0.15) is 4.72 Å². The highest BCUT2D eigenvalue weighted by atomic mass is 32.2. The Morgan fingerprint density at radius 1 is 1.41 bits per heavy atom. The molecule has 0 amide bonds. The molecule has 0 bridgehead atoms. The molecule has 0 aromatic heterocycles. The average molecular weight is 259 g/mol. The van der Waals surface area contributed by atoms with Gasteiger partial charge in [-0.05, 0) is 11.6 Å². The van der Waals surface area contributed by atoms with Crippen molar-refractivity contribution in [3.63, 3.8) is 0 Å². The topological polar surface area (TPSA) is 92.7 Å². The van der Waals surface area contributed by atoms with Crippen molar-refractivity contribution >= 4 is 16.0 Å². The minimum atomic E-state index is -3.82. The van der Waals surface area contributed by atoms with Crippen molar-refractivity contribution in [2.75, 3.05) is 13.7 Å². The number of sulfonamides is 1. The number of aliphatic carboxylic acids is 1. The molecule has 94 valence electrons. The summed E-state index contributed by atoms with van der Waals surface area (Å²) < 4.78 is 30.5. The molecule has 0 spiro atoms. The van der Waals surface area contributed by atoms with E-state index in [0.717, 1.165) is 0 Å². The number of ether oxygens (including phenoxy) is 1. The van der Waals surface area contributed by atoms with Crippen LogP contribution in [-0.2, 0) is 26.2 Å². The fourth-order valence-corrected chi connectivity index (χ4v) is 2.47. The normalized spacial score (nSPS) is 11.4. The minimum absolute atomic E-state index is 0.0306. The average Bonchev–Trinajstić information content (AvgIpc) is 2.28. The predicted molar refractivity (Wildman–Crippen MR) is 60.0 cm³/mol. The van der Waals surface area contributed by atoms with Crippen LogP contribution < -0.4 is 4.72 Å². The summed E-state index contributed by atoms with van der Waals surface area (Å²) in [7, 11) is -2.37. The largest absolute Gasteiger partial charge is 0.480 e. The van der Waals surface area contributed by atoms with Crippen LogP contribution in [0.25, 0.3) is 0 Å². The quantitative estimate of drug-likeness (QED) is 0.761. The van der Waals surface area contributed by atoms with Crippen molar-refractivity contribution < 1.29 is 23.1 Å². The van der Waals surface area contributed by atoms with Gasteiger partial charge in [-0.1, -0.05) is 18.2 Å². The first-order valence-electron chi connectivity index (χ1n) is 4.75. The zero-order valence-electron chi connectivity index (χ0n) is 9.21. The van der Waals surface area contributed by atoms with Crippen molar-refractivity contribution in [1.29, 1.82) is 0 Å². The summed E-state index contributed by atoms with van der Waals surface area (Å²) in [5, 5.41) is 8.44. The van der Waals surface area contributed by atoms with Gasteiger partial charge in [0.05, 0.1) is 11.5 Å². The molecule has 0 atom stereocenters. The first-order chi connectivity index (χ1) is 7.97. The number of carbonyl (C=O) groups is 1. The summed E-state index contributed by atoms with van der Waals surface area (Å²) in [6, 6.07) is 6.26. The highest BCUT2D eigenvalue weighted by Gasteiger charge is 2.18. The maximum atomic E-state index is 11.8. The number of carboxylic acids is 1. The molecule has 2 N–H and O–H groups in total. The fraction of sp³-hybridized carbons (Fsp3) is 0.300. The molecule has 1 aromatic rings. The standard InChI is InChI=1S/C10H13NO5S/c1-16-7-8-4-2-3-5-9(8)17(14,15)11-6-10(12)13/h2-5,11H,6-7H2,1H3,(H,12,13). The maximum absolute atomic E-state index is 11.8. The van der Waals surface area contributed by atoms with Crippen LogP contribution in [0, 0.1) is 0 Å². The predicted octanol–water partition coefficient (Wildman–Crippen LogP) is 0.196. The van der Waals surface area contributed by atoms with Crippen LogP contribution in [0.15, 0.2) is 29.2 Å². The first kappa shape index (κ1) is 13.6.